The van der Waals surface area contributed by atoms with Crippen LogP contribution in [0, 0.1) is 0 Å². The molecule has 0 saturated heterocycles. The lowest BCUT2D eigenvalue weighted by Gasteiger charge is -2.14. The molecule has 82 valence electrons. The quantitative estimate of drug-likeness (QED) is 0.296. The van der Waals surface area contributed by atoms with Gasteiger partial charge in [-0.1, -0.05) is 6.07 Å². The SMILES string of the molecule is NNc1cccc(C(O)C(O)C(N)=O)n1. The Kier molecular flexibility index (Phi) is 3.56. The highest BCUT2D eigenvalue weighted by Gasteiger charge is 2.24. The van der Waals surface area contributed by atoms with Crippen molar-refractivity contribution in [3.05, 3.63) is 23.9 Å². The number of carbonyl (C=O) groups excluding carboxylic acids is 1. The first-order chi connectivity index (χ1) is 7.06. The Hall–Kier alpha value is -1.70. The average Bonchev–Trinajstić information content (AvgIpc) is 2.27. The van der Waals surface area contributed by atoms with Crippen molar-refractivity contribution in [2.45, 2.75) is 12.2 Å². The topological polar surface area (TPSA) is 134 Å². The van der Waals surface area contributed by atoms with Crippen LogP contribution in [0.15, 0.2) is 18.2 Å². The zero-order valence-corrected chi connectivity index (χ0v) is 7.79. The zero-order chi connectivity index (χ0) is 11.4. The van der Waals surface area contributed by atoms with Crippen LogP contribution in [0.4, 0.5) is 5.82 Å². The molecule has 15 heavy (non-hydrogen) atoms. The van der Waals surface area contributed by atoms with Gasteiger partial charge in [-0.05, 0) is 12.1 Å². The minimum Gasteiger partial charge on any atom is -0.383 e. The number of hydrogen-bond donors (Lipinski definition) is 5. The predicted molar refractivity (Wildman–Crippen MR) is 52.2 cm³/mol. The molecule has 1 aromatic rings. The monoisotopic (exact) mass is 212 g/mol. The summed E-state index contributed by atoms with van der Waals surface area (Å²) in [6.07, 6.45) is -3.15. The maximum atomic E-state index is 10.6. The third-order valence-corrected chi connectivity index (χ3v) is 1.81. The van der Waals surface area contributed by atoms with E-state index in [1.54, 1.807) is 12.1 Å². The molecule has 1 heterocycles. The van der Waals surface area contributed by atoms with Crippen LogP contribution < -0.4 is 17.0 Å². The summed E-state index contributed by atoms with van der Waals surface area (Å²) in [6.45, 7) is 0. The first-order valence-corrected chi connectivity index (χ1v) is 4.15. The summed E-state index contributed by atoms with van der Waals surface area (Å²) in [5, 5.41) is 18.7. The van der Waals surface area contributed by atoms with Gasteiger partial charge in [-0.15, -0.1) is 0 Å². The fourth-order valence-corrected chi connectivity index (χ4v) is 1.01. The molecule has 0 spiro atoms. The maximum absolute atomic E-state index is 10.6. The van der Waals surface area contributed by atoms with Gasteiger partial charge >= 0.3 is 0 Å². The summed E-state index contributed by atoms with van der Waals surface area (Å²) >= 11 is 0. The molecule has 0 aliphatic heterocycles. The Morgan fingerprint density at radius 2 is 2.13 bits per heavy atom. The Balaban J connectivity index is 2.90. The second-order valence-corrected chi connectivity index (χ2v) is 2.88. The highest BCUT2D eigenvalue weighted by molar-refractivity contribution is 5.79. The summed E-state index contributed by atoms with van der Waals surface area (Å²) in [5.41, 5.74) is 7.21. The molecule has 2 unspecified atom stereocenters. The molecule has 7 heteroatoms. The van der Waals surface area contributed by atoms with Crippen LogP contribution in [-0.4, -0.2) is 27.2 Å². The molecule has 2 atom stereocenters. The number of nitrogens with zero attached hydrogens (tertiary/aromatic N) is 1. The third kappa shape index (κ3) is 2.62. The molecule has 7 N–H and O–H groups in total. The fraction of sp³-hybridized carbons (Fsp3) is 0.250. The number of amides is 1. The molecule has 0 saturated carbocycles. The Morgan fingerprint density at radius 1 is 1.47 bits per heavy atom. The van der Waals surface area contributed by atoms with Crippen LogP contribution in [0.5, 0.6) is 0 Å². The van der Waals surface area contributed by atoms with E-state index in [1.807, 2.05) is 0 Å². The molecule has 0 aliphatic carbocycles. The van der Waals surface area contributed by atoms with Gasteiger partial charge in [0.15, 0.2) is 6.10 Å². The number of hydrogen-bond acceptors (Lipinski definition) is 6. The fourth-order valence-electron chi connectivity index (χ4n) is 1.01. The third-order valence-electron chi connectivity index (χ3n) is 1.81. The minimum atomic E-state index is -1.69. The number of pyridine rings is 1. The van der Waals surface area contributed by atoms with Crippen molar-refractivity contribution in [1.82, 2.24) is 4.98 Å². The molecule has 0 aliphatic rings. The maximum Gasteiger partial charge on any atom is 0.249 e. The van der Waals surface area contributed by atoms with Gasteiger partial charge in [-0.25, -0.2) is 10.8 Å². The van der Waals surface area contributed by atoms with Gasteiger partial charge in [0, 0.05) is 0 Å². The predicted octanol–water partition coefficient (Wildman–Crippen LogP) is -1.75. The summed E-state index contributed by atoms with van der Waals surface area (Å²) < 4.78 is 0. The van der Waals surface area contributed by atoms with Crippen LogP contribution in [0.25, 0.3) is 0 Å². The lowest BCUT2D eigenvalue weighted by Crippen LogP contribution is -2.34. The van der Waals surface area contributed by atoms with E-state index in [2.05, 4.69) is 10.4 Å². The number of aliphatic hydroxyl groups is 2. The second kappa shape index (κ2) is 4.69. The Labute approximate surface area is 85.7 Å². The van der Waals surface area contributed by atoms with E-state index >= 15 is 0 Å². The lowest BCUT2D eigenvalue weighted by molar-refractivity contribution is -0.132. The van der Waals surface area contributed by atoms with Gasteiger partial charge in [0.25, 0.3) is 0 Å². The minimum absolute atomic E-state index is 0.108. The number of hydrazine groups is 1. The number of rotatable bonds is 4. The molecule has 1 aromatic heterocycles. The molecule has 0 radical (unpaired) electrons. The zero-order valence-electron chi connectivity index (χ0n) is 7.79. The summed E-state index contributed by atoms with van der Waals surface area (Å²) in [6, 6.07) is 4.57. The molecule has 0 aromatic carbocycles. The smallest absolute Gasteiger partial charge is 0.249 e. The van der Waals surface area contributed by atoms with Gasteiger partial charge in [0.05, 0.1) is 5.69 Å². The van der Waals surface area contributed by atoms with E-state index in [-0.39, 0.29) is 5.69 Å². The summed E-state index contributed by atoms with van der Waals surface area (Å²) in [7, 11) is 0. The van der Waals surface area contributed by atoms with Gasteiger partial charge in [-0.3, -0.25) is 4.79 Å². The van der Waals surface area contributed by atoms with E-state index in [9.17, 15) is 15.0 Å². The van der Waals surface area contributed by atoms with Crippen molar-refractivity contribution in [2.75, 3.05) is 5.43 Å². The van der Waals surface area contributed by atoms with Crippen LogP contribution in [0.2, 0.25) is 0 Å². The van der Waals surface area contributed by atoms with Crippen LogP contribution in [0.3, 0.4) is 0 Å². The normalized spacial score (nSPS) is 14.3. The molecule has 0 fully saturated rings. The van der Waals surface area contributed by atoms with E-state index in [4.69, 9.17) is 11.6 Å². The van der Waals surface area contributed by atoms with E-state index in [1.165, 1.54) is 6.07 Å². The van der Waals surface area contributed by atoms with E-state index in [0.29, 0.717) is 5.82 Å². The van der Waals surface area contributed by atoms with Crippen molar-refractivity contribution < 1.29 is 15.0 Å². The highest BCUT2D eigenvalue weighted by Crippen LogP contribution is 2.15. The van der Waals surface area contributed by atoms with Crippen molar-refractivity contribution >= 4 is 11.7 Å². The molecule has 0 bridgehead atoms. The van der Waals surface area contributed by atoms with Crippen LogP contribution in [-0.2, 0) is 4.79 Å². The number of anilines is 1. The molecule has 7 nitrogen and oxygen atoms in total. The van der Waals surface area contributed by atoms with E-state index < -0.39 is 18.1 Å². The number of aromatic nitrogens is 1. The number of nitrogen functional groups attached to an aromatic ring is 1. The Bertz CT molecular complexity index is 357. The molecule has 1 rings (SSSR count). The molecule has 1 amide bonds. The molecular weight excluding hydrogens is 200 g/mol. The number of primary amides is 1. The number of nitrogens with one attached hydrogen (secondary N) is 1. The highest BCUT2D eigenvalue weighted by atomic mass is 16.3. The summed E-state index contributed by atoms with van der Waals surface area (Å²) in [5.74, 6) is 4.40. The second-order valence-electron chi connectivity index (χ2n) is 2.88. The average molecular weight is 212 g/mol. The van der Waals surface area contributed by atoms with Crippen LogP contribution in [0.1, 0.15) is 11.8 Å². The first-order valence-electron chi connectivity index (χ1n) is 4.15. The van der Waals surface area contributed by atoms with Gasteiger partial charge in [-0.2, -0.15) is 0 Å². The standard InChI is InChI=1S/C8H12N4O3/c9-8(15)7(14)6(13)4-2-1-3-5(11-4)12-10/h1-3,6-7,13-14H,10H2,(H2,9,15)(H,11,12). The van der Waals surface area contributed by atoms with Crippen molar-refractivity contribution in [2.24, 2.45) is 11.6 Å². The van der Waals surface area contributed by atoms with Crippen molar-refractivity contribution in [3.8, 4) is 0 Å². The Morgan fingerprint density at radius 3 is 2.67 bits per heavy atom. The van der Waals surface area contributed by atoms with E-state index in [0.717, 1.165) is 0 Å². The van der Waals surface area contributed by atoms with Gasteiger partial charge < -0.3 is 21.4 Å². The lowest BCUT2D eigenvalue weighted by atomic mass is 10.1. The van der Waals surface area contributed by atoms with Gasteiger partial charge in [0.2, 0.25) is 5.91 Å². The number of aliphatic hydroxyl groups excluding tert-OH is 2. The molecular formula is C8H12N4O3. The first kappa shape index (κ1) is 11.4. The number of carbonyl (C=O) groups is 1. The largest absolute Gasteiger partial charge is 0.383 e. The van der Waals surface area contributed by atoms with Gasteiger partial charge in [0.1, 0.15) is 11.9 Å². The van der Waals surface area contributed by atoms with Crippen molar-refractivity contribution in [1.29, 1.82) is 0 Å². The summed E-state index contributed by atoms with van der Waals surface area (Å²) in [4.78, 5) is 14.5. The number of nitrogens with two attached hydrogens (primary N) is 2. The van der Waals surface area contributed by atoms with Crippen molar-refractivity contribution in [3.63, 3.8) is 0 Å². The van der Waals surface area contributed by atoms with Crippen LogP contribution >= 0.6 is 0 Å².